The topological polar surface area (TPSA) is 18.5 Å². The Balaban J connectivity index is 1.96. The third kappa shape index (κ3) is 3.71. The zero-order chi connectivity index (χ0) is 13.5. The van der Waals surface area contributed by atoms with Crippen LogP contribution in [0.5, 0.6) is 11.5 Å². The SMILES string of the molecule is COc1ccccc1C[P-]Cc1ccccc1OC. The van der Waals surface area contributed by atoms with Gasteiger partial charge in [0.2, 0.25) is 0 Å². The van der Waals surface area contributed by atoms with E-state index in [2.05, 4.69) is 24.3 Å². The largest absolute Gasteiger partial charge is 0.530 e. The fourth-order valence-electron chi connectivity index (χ4n) is 1.96. The standard InChI is InChI=1S/C16H18O2P/c1-17-15-9-5-3-7-13(15)11-19-12-14-8-4-6-10-16(14)18-2/h3-10H,11-12H2,1-2H3/q-1. The van der Waals surface area contributed by atoms with Gasteiger partial charge in [-0.15, -0.1) is 0 Å². The third-order valence-corrected chi connectivity index (χ3v) is 4.08. The van der Waals surface area contributed by atoms with E-state index in [0.29, 0.717) is 0 Å². The molecular formula is C16H18O2P-. The van der Waals surface area contributed by atoms with Crippen LogP contribution in [0.1, 0.15) is 11.1 Å². The van der Waals surface area contributed by atoms with Gasteiger partial charge in [0.15, 0.2) is 0 Å². The van der Waals surface area contributed by atoms with Crippen molar-refractivity contribution in [3.8, 4) is 11.5 Å². The Labute approximate surface area is 116 Å². The molecule has 19 heavy (non-hydrogen) atoms. The molecule has 0 saturated carbocycles. The van der Waals surface area contributed by atoms with Gasteiger partial charge in [0.1, 0.15) is 11.5 Å². The van der Waals surface area contributed by atoms with Gasteiger partial charge in [-0.1, -0.05) is 36.4 Å². The Morgan fingerprint density at radius 3 is 1.58 bits per heavy atom. The number of para-hydroxylation sites is 2. The lowest BCUT2D eigenvalue weighted by Gasteiger charge is -2.20. The highest BCUT2D eigenvalue weighted by molar-refractivity contribution is 7.36. The van der Waals surface area contributed by atoms with Crippen LogP contribution in [0.25, 0.3) is 0 Å². The minimum atomic E-state index is 0.968. The first-order chi connectivity index (χ1) is 9.35. The molecule has 0 N–H and O–H groups in total. The Bertz CT molecular complexity index is 478. The Morgan fingerprint density at radius 1 is 0.737 bits per heavy atom. The van der Waals surface area contributed by atoms with Gasteiger partial charge in [-0.05, 0) is 23.3 Å². The van der Waals surface area contributed by atoms with E-state index in [1.54, 1.807) is 14.2 Å². The third-order valence-electron chi connectivity index (χ3n) is 2.95. The van der Waals surface area contributed by atoms with Crippen LogP contribution in [0.4, 0.5) is 0 Å². The lowest BCUT2D eigenvalue weighted by Crippen LogP contribution is -1.91. The smallest absolute Gasteiger partial charge is 0.119 e. The van der Waals surface area contributed by atoms with Gasteiger partial charge >= 0.3 is 0 Å². The molecule has 0 fully saturated rings. The molecule has 2 aromatic carbocycles. The number of hydrogen-bond donors (Lipinski definition) is 0. The van der Waals surface area contributed by atoms with Crippen LogP contribution in [0.2, 0.25) is 0 Å². The molecule has 0 bridgehead atoms. The predicted octanol–water partition coefficient (Wildman–Crippen LogP) is 4.35. The molecule has 2 aromatic rings. The van der Waals surface area contributed by atoms with Gasteiger partial charge in [0, 0.05) is 0 Å². The molecule has 0 aliphatic heterocycles. The Morgan fingerprint density at radius 2 is 1.16 bits per heavy atom. The molecule has 0 aliphatic carbocycles. The Hall–Kier alpha value is -1.53. The fraction of sp³-hybridized carbons (Fsp3) is 0.250. The van der Waals surface area contributed by atoms with Crippen molar-refractivity contribution in [3.05, 3.63) is 59.7 Å². The molecule has 3 heteroatoms. The first kappa shape index (κ1) is 13.9. The van der Waals surface area contributed by atoms with Crippen LogP contribution < -0.4 is 9.47 Å². The highest BCUT2D eigenvalue weighted by Gasteiger charge is 1.97. The first-order valence-corrected chi connectivity index (χ1v) is 7.48. The molecule has 2 nitrogen and oxygen atoms in total. The highest BCUT2D eigenvalue weighted by Crippen LogP contribution is 2.31. The summed E-state index contributed by atoms with van der Waals surface area (Å²) in [5, 5.41) is 0. The Kier molecular flexibility index (Phi) is 5.23. The van der Waals surface area contributed by atoms with E-state index >= 15 is 0 Å². The molecule has 0 atom stereocenters. The molecule has 0 heterocycles. The van der Waals surface area contributed by atoms with Crippen molar-refractivity contribution in [2.45, 2.75) is 12.3 Å². The summed E-state index contributed by atoms with van der Waals surface area (Å²) in [5.74, 6) is 1.94. The van der Waals surface area contributed by atoms with Crippen molar-refractivity contribution < 1.29 is 9.47 Å². The monoisotopic (exact) mass is 273 g/mol. The second kappa shape index (κ2) is 7.16. The second-order valence-corrected chi connectivity index (χ2v) is 5.24. The van der Waals surface area contributed by atoms with Crippen molar-refractivity contribution in [2.24, 2.45) is 0 Å². The van der Waals surface area contributed by atoms with E-state index in [-0.39, 0.29) is 0 Å². The van der Waals surface area contributed by atoms with Crippen LogP contribution >= 0.6 is 8.58 Å². The first-order valence-electron chi connectivity index (χ1n) is 6.22. The average Bonchev–Trinajstić information content (AvgIpc) is 2.48. The number of ether oxygens (including phenoxy) is 2. The van der Waals surface area contributed by atoms with Gasteiger partial charge in [-0.25, -0.2) is 0 Å². The molecule has 0 aliphatic rings. The lowest BCUT2D eigenvalue weighted by atomic mass is 10.2. The number of hydrogen-bond acceptors (Lipinski definition) is 2. The zero-order valence-electron chi connectivity index (χ0n) is 11.3. The normalized spacial score (nSPS) is 10.2. The van der Waals surface area contributed by atoms with Gasteiger partial charge in [0.05, 0.1) is 14.2 Å². The van der Waals surface area contributed by atoms with Gasteiger partial charge in [-0.2, -0.15) is 12.3 Å². The summed E-state index contributed by atoms with van der Waals surface area (Å²) in [6.45, 7) is 0. The van der Waals surface area contributed by atoms with E-state index < -0.39 is 0 Å². The summed E-state index contributed by atoms with van der Waals surface area (Å²) >= 11 is 0. The summed E-state index contributed by atoms with van der Waals surface area (Å²) in [6.07, 6.45) is 1.98. The summed E-state index contributed by atoms with van der Waals surface area (Å²) in [7, 11) is 4.78. The van der Waals surface area contributed by atoms with E-state index in [0.717, 1.165) is 23.8 Å². The van der Waals surface area contributed by atoms with E-state index in [1.807, 2.05) is 24.3 Å². The van der Waals surface area contributed by atoms with Crippen LogP contribution in [0, 0.1) is 0 Å². The minimum Gasteiger partial charge on any atom is -0.530 e. The quantitative estimate of drug-likeness (QED) is 0.728. The van der Waals surface area contributed by atoms with Crippen molar-refractivity contribution in [2.75, 3.05) is 14.2 Å². The maximum Gasteiger partial charge on any atom is 0.119 e. The van der Waals surface area contributed by atoms with E-state index in [1.165, 1.54) is 19.7 Å². The maximum atomic E-state index is 5.36. The molecule has 0 unspecified atom stereocenters. The minimum absolute atomic E-state index is 0.968. The molecule has 0 radical (unpaired) electrons. The molecule has 0 amide bonds. The summed E-state index contributed by atoms with van der Waals surface area (Å²) in [4.78, 5) is 0. The van der Waals surface area contributed by atoms with Gasteiger partial charge in [-0.3, -0.25) is 0 Å². The number of rotatable bonds is 6. The van der Waals surface area contributed by atoms with Crippen molar-refractivity contribution >= 4 is 8.58 Å². The van der Waals surface area contributed by atoms with E-state index in [9.17, 15) is 0 Å². The molecule has 0 aromatic heterocycles. The zero-order valence-corrected chi connectivity index (χ0v) is 12.2. The fourth-order valence-corrected chi connectivity index (χ4v) is 3.08. The molecular weight excluding hydrogens is 255 g/mol. The molecule has 2 rings (SSSR count). The van der Waals surface area contributed by atoms with Crippen LogP contribution in [0.15, 0.2) is 48.5 Å². The van der Waals surface area contributed by atoms with Crippen LogP contribution in [-0.2, 0) is 12.3 Å². The average molecular weight is 273 g/mol. The highest BCUT2D eigenvalue weighted by atomic mass is 31.1. The number of benzene rings is 2. The molecule has 0 spiro atoms. The van der Waals surface area contributed by atoms with Gasteiger partial charge in [0.25, 0.3) is 0 Å². The molecule has 0 saturated heterocycles. The van der Waals surface area contributed by atoms with Crippen molar-refractivity contribution in [1.82, 2.24) is 0 Å². The summed E-state index contributed by atoms with van der Waals surface area (Å²) < 4.78 is 10.7. The molecule has 100 valence electrons. The van der Waals surface area contributed by atoms with Crippen LogP contribution in [-0.4, -0.2) is 14.2 Å². The summed E-state index contributed by atoms with van der Waals surface area (Å²) in [6, 6.07) is 16.4. The van der Waals surface area contributed by atoms with Crippen molar-refractivity contribution in [1.29, 1.82) is 0 Å². The van der Waals surface area contributed by atoms with Crippen LogP contribution in [0.3, 0.4) is 0 Å². The predicted molar refractivity (Wildman–Crippen MR) is 80.3 cm³/mol. The van der Waals surface area contributed by atoms with Crippen molar-refractivity contribution in [3.63, 3.8) is 0 Å². The summed E-state index contributed by atoms with van der Waals surface area (Å²) in [5.41, 5.74) is 2.50. The van der Waals surface area contributed by atoms with E-state index in [4.69, 9.17) is 9.47 Å². The lowest BCUT2D eigenvalue weighted by molar-refractivity contribution is 0.411. The maximum absolute atomic E-state index is 5.36. The van der Waals surface area contributed by atoms with Gasteiger partial charge < -0.3 is 18.1 Å². The number of methoxy groups -OCH3 is 2. The second-order valence-electron chi connectivity index (χ2n) is 4.16.